The standard InChI is InChI=1S/C28H32N4O4/c33-24-14-13-23(26(34)30-24)32-27(35)21-7-6-8-22(25(21)28(32)36)29-17-19-9-11-20(12-10-19)18-31-15-4-2-1-3-5-16-31/h6-12,23,29H,1-5,13-18H2,(H,30,33,34)/t23-/m0/s1. The van der Waals surface area contributed by atoms with Crippen LogP contribution in [0.3, 0.4) is 0 Å². The van der Waals surface area contributed by atoms with Crippen LogP contribution in [0.1, 0.15) is 76.8 Å². The Kier molecular flexibility index (Phi) is 7.13. The smallest absolute Gasteiger partial charge is 0.264 e. The van der Waals surface area contributed by atoms with E-state index in [1.807, 2.05) is 0 Å². The molecular weight excluding hydrogens is 456 g/mol. The normalized spacial score (nSPS) is 21.1. The van der Waals surface area contributed by atoms with E-state index in [-0.39, 0.29) is 29.9 Å². The SMILES string of the molecule is O=C1CC[C@H](N2C(=O)c3cccc(NCc4ccc(CN5CCCCCCC5)cc4)c3C2=O)C(=O)N1. The van der Waals surface area contributed by atoms with Crippen molar-refractivity contribution in [1.82, 2.24) is 15.1 Å². The van der Waals surface area contributed by atoms with Gasteiger partial charge in [-0.25, -0.2) is 0 Å². The molecule has 36 heavy (non-hydrogen) atoms. The van der Waals surface area contributed by atoms with Crippen LogP contribution < -0.4 is 10.6 Å². The quantitative estimate of drug-likeness (QED) is 0.605. The molecule has 0 saturated carbocycles. The van der Waals surface area contributed by atoms with Crippen LogP contribution in [-0.2, 0) is 22.7 Å². The van der Waals surface area contributed by atoms with Crippen molar-refractivity contribution in [2.45, 2.75) is 64.1 Å². The van der Waals surface area contributed by atoms with Gasteiger partial charge in [0.25, 0.3) is 11.8 Å². The van der Waals surface area contributed by atoms with Crippen LogP contribution in [0.4, 0.5) is 5.69 Å². The van der Waals surface area contributed by atoms with Crippen molar-refractivity contribution in [1.29, 1.82) is 0 Å². The number of rotatable bonds is 6. The zero-order valence-corrected chi connectivity index (χ0v) is 20.4. The number of anilines is 1. The van der Waals surface area contributed by atoms with Gasteiger partial charge in [-0.2, -0.15) is 0 Å². The molecule has 3 heterocycles. The molecule has 0 bridgehead atoms. The Morgan fingerprint density at radius 3 is 2.25 bits per heavy atom. The number of hydrogen-bond acceptors (Lipinski definition) is 6. The minimum Gasteiger partial charge on any atom is -0.380 e. The zero-order chi connectivity index (χ0) is 25.1. The van der Waals surface area contributed by atoms with E-state index in [4.69, 9.17) is 0 Å². The van der Waals surface area contributed by atoms with Crippen LogP contribution in [0.25, 0.3) is 0 Å². The zero-order valence-electron chi connectivity index (χ0n) is 20.4. The van der Waals surface area contributed by atoms with Crippen molar-refractivity contribution >= 4 is 29.3 Å². The lowest BCUT2D eigenvalue weighted by atomic mass is 10.0. The van der Waals surface area contributed by atoms with Crippen LogP contribution in [0.5, 0.6) is 0 Å². The third kappa shape index (κ3) is 5.04. The van der Waals surface area contributed by atoms with Crippen molar-refractivity contribution in [2.75, 3.05) is 18.4 Å². The molecule has 8 nitrogen and oxygen atoms in total. The second-order valence-corrected chi connectivity index (χ2v) is 9.89. The largest absolute Gasteiger partial charge is 0.380 e. The minimum absolute atomic E-state index is 0.0999. The van der Waals surface area contributed by atoms with Gasteiger partial charge in [-0.3, -0.25) is 34.3 Å². The Balaban J connectivity index is 1.24. The van der Waals surface area contributed by atoms with Gasteiger partial charge in [0, 0.05) is 25.2 Å². The van der Waals surface area contributed by atoms with Gasteiger partial charge in [0.1, 0.15) is 6.04 Å². The van der Waals surface area contributed by atoms with Crippen molar-refractivity contribution in [2.24, 2.45) is 0 Å². The summed E-state index contributed by atoms with van der Waals surface area (Å²) in [6.07, 6.45) is 6.78. The maximum Gasteiger partial charge on any atom is 0.264 e. The number of amides is 4. The lowest BCUT2D eigenvalue weighted by Gasteiger charge is -2.27. The first-order valence-electron chi connectivity index (χ1n) is 12.9. The fourth-order valence-corrected chi connectivity index (χ4v) is 5.35. The van der Waals surface area contributed by atoms with Gasteiger partial charge in [0.2, 0.25) is 11.8 Å². The average molecular weight is 489 g/mol. The minimum atomic E-state index is -0.968. The molecule has 0 aliphatic carbocycles. The van der Waals surface area contributed by atoms with Gasteiger partial charge in [-0.05, 0) is 55.6 Å². The molecule has 2 aromatic carbocycles. The number of piperidine rings is 1. The summed E-state index contributed by atoms with van der Waals surface area (Å²) in [5.41, 5.74) is 3.48. The molecule has 2 N–H and O–H groups in total. The summed E-state index contributed by atoms with van der Waals surface area (Å²) in [4.78, 5) is 53.6. The van der Waals surface area contributed by atoms with Crippen molar-refractivity contribution in [3.8, 4) is 0 Å². The van der Waals surface area contributed by atoms with Gasteiger partial charge in [0.05, 0.1) is 11.1 Å². The van der Waals surface area contributed by atoms with E-state index in [1.54, 1.807) is 18.2 Å². The van der Waals surface area contributed by atoms with Crippen LogP contribution in [-0.4, -0.2) is 52.6 Å². The summed E-state index contributed by atoms with van der Waals surface area (Å²) in [6, 6.07) is 12.6. The number of carbonyl (C=O) groups is 4. The predicted molar refractivity (Wildman–Crippen MR) is 135 cm³/mol. The maximum absolute atomic E-state index is 13.2. The first kappa shape index (κ1) is 24.2. The number of hydrogen-bond donors (Lipinski definition) is 2. The third-order valence-electron chi connectivity index (χ3n) is 7.33. The Bertz CT molecular complexity index is 1170. The molecule has 5 rings (SSSR count). The molecule has 1 atom stereocenters. The summed E-state index contributed by atoms with van der Waals surface area (Å²) >= 11 is 0. The van der Waals surface area contributed by atoms with Gasteiger partial charge >= 0.3 is 0 Å². The number of nitrogens with zero attached hydrogens (tertiary/aromatic N) is 2. The molecule has 0 spiro atoms. The topological polar surface area (TPSA) is 98.8 Å². The van der Waals surface area contributed by atoms with E-state index in [0.717, 1.165) is 30.1 Å². The molecule has 3 aliphatic heterocycles. The van der Waals surface area contributed by atoms with E-state index in [1.165, 1.54) is 37.7 Å². The van der Waals surface area contributed by atoms with Crippen molar-refractivity contribution in [3.63, 3.8) is 0 Å². The fraction of sp³-hybridized carbons (Fsp3) is 0.429. The average Bonchev–Trinajstić information content (AvgIpc) is 3.11. The summed E-state index contributed by atoms with van der Waals surface area (Å²) in [5.74, 6) is -1.99. The molecule has 2 saturated heterocycles. The maximum atomic E-state index is 13.2. The lowest BCUT2D eigenvalue weighted by Crippen LogP contribution is -2.54. The van der Waals surface area contributed by atoms with E-state index < -0.39 is 23.8 Å². The highest BCUT2D eigenvalue weighted by atomic mass is 16.2. The highest BCUT2D eigenvalue weighted by Gasteiger charge is 2.45. The first-order valence-corrected chi connectivity index (χ1v) is 12.9. The Labute approximate surface area is 211 Å². The second-order valence-electron chi connectivity index (χ2n) is 9.89. The van der Waals surface area contributed by atoms with Crippen LogP contribution >= 0.6 is 0 Å². The number of carbonyl (C=O) groups excluding carboxylic acids is 4. The van der Waals surface area contributed by atoms with E-state index in [0.29, 0.717) is 12.2 Å². The van der Waals surface area contributed by atoms with Crippen LogP contribution in [0.2, 0.25) is 0 Å². The molecule has 188 valence electrons. The second kappa shape index (κ2) is 10.6. The third-order valence-corrected chi connectivity index (χ3v) is 7.33. The molecular formula is C28H32N4O4. The van der Waals surface area contributed by atoms with E-state index in [2.05, 4.69) is 39.8 Å². The first-order chi connectivity index (χ1) is 17.5. The molecule has 2 aromatic rings. The molecule has 3 aliphatic rings. The lowest BCUT2D eigenvalue weighted by molar-refractivity contribution is -0.136. The Morgan fingerprint density at radius 1 is 0.833 bits per heavy atom. The van der Waals surface area contributed by atoms with Gasteiger partial charge in [-0.1, -0.05) is 49.6 Å². The van der Waals surface area contributed by atoms with Gasteiger partial charge in [-0.15, -0.1) is 0 Å². The number of fused-ring (bicyclic) bond motifs is 1. The van der Waals surface area contributed by atoms with Gasteiger partial charge < -0.3 is 5.32 Å². The molecule has 0 unspecified atom stereocenters. The van der Waals surface area contributed by atoms with Crippen LogP contribution in [0, 0.1) is 0 Å². The number of likely N-dealkylation sites (tertiary alicyclic amines) is 1. The van der Waals surface area contributed by atoms with Crippen molar-refractivity contribution in [3.05, 3.63) is 64.7 Å². The van der Waals surface area contributed by atoms with E-state index in [9.17, 15) is 19.2 Å². The Hall–Kier alpha value is -3.52. The van der Waals surface area contributed by atoms with E-state index >= 15 is 0 Å². The molecule has 0 radical (unpaired) electrons. The predicted octanol–water partition coefficient (Wildman–Crippen LogP) is 3.47. The molecule has 8 heteroatoms. The van der Waals surface area contributed by atoms with Gasteiger partial charge in [0.15, 0.2) is 0 Å². The molecule has 4 amide bonds. The van der Waals surface area contributed by atoms with Crippen LogP contribution in [0.15, 0.2) is 42.5 Å². The summed E-state index contributed by atoms with van der Waals surface area (Å²) in [5, 5.41) is 5.53. The number of benzene rings is 2. The summed E-state index contributed by atoms with van der Waals surface area (Å²) in [6.45, 7) is 3.78. The Morgan fingerprint density at radius 2 is 1.53 bits per heavy atom. The number of nitrogens with one attached hydrogen (secondary N) is 2. The van der Waals surface area contributed by atoms with Crippen molar-refractivity contribution < 1.29 is 19.2 Å². The monoisotopic (exact) mass is 488 g/mol. The molecule has 0 aromatic heterocycles. The summed E-state index contributed by atoms with van der Waals surface area (Å²) < 4.78 is 0. The summed E-state index contributed by atoms with van der Waals surface area (Å²) in [7, 11) is 0. The molecule has 2 fully saturated rings. The highest BCUT2D eigenvalue weighted by molar-refractivity contribution is 6.25. The number of imide groups is 2. The highest BCUT2D eigenvalue weighted by Crippen LogP contribution is 2.32. The fourth-order valence-electron chi connectivity index (χ4n) is 5.35.